The van der Waals surface area contributed by atoms with E-state index in [9.17, 15) is 0 Å². The molecular formula is C14H17N3. The normalized spacial score (nSPS) is 10.4. The van der Waals surface area contributed by atoms with Crippen LogP contribution >= 0.6 is 0 Å². The van der Waals surface area contributed by atoms with Crippen LogP contribution in [0.5, 0.6) is 0 Å². The summed E-state index contributed by atoms with van der Waals surface area (Å²) in [5.41, 5.74) is 2.98. The third-order valence-electron chi connectivity index (χ3n) is 2.71. The predicted octanol–water partition coefficient (Wildman–Crippen LogP) is 3.61. The van der Waals surface area contributed by atoms with E-state index in [0.29, 0.717) is 0 Å². The molecule has 1 aromatic carbocycles. The van der Waals surface area contributed by atoms with Crippen LogP contribution in [0, 0.1) is 0 Å². The third kappa shape index (κ3) is 2.81. The molecule has 17 heavy (non-hydrogen) atoms. The summed E-state index contributed by atoms with van der Waals surface area (Å²) >= 11 is 0. The molecule has 0 atom stereocenters. The molecule has 0 fully saturated rings. The Morgan fingerprint density at radius 1 is 1.29 bits per heavy atom. The van der Waals surface area contributed by atoms with Crippen LogP contribution in [0.15, 0.2) is 43.1 Å². The van der Waals surface area contributed by atoms with Crippen molar-refractivity contribution in [2.24, 2.45) is 0 Å². The second-order valence-electron chi connectivity index (χ2n) is 4.08. The molecule has 2 rings (SSSR count). The number of aromatic nitrogens is 3. The summed E-state index contributed by atoms with van der Waals surface area (Å²) in [6, 6.07) is 10.1. The Morgan fingerprint density at radius 3 is 2.76 bits per heavy atom. The minimum atomic E-state index is 0.892. The Hall–Kier alpha value is -1.90. The Morgan fingerprint density at radius 2 is 2.06 bits per heavy atom. The van der Waals surface area contributed by atoms with Gasteiger partial charge >= 0.3 is 0 Å². The minimum Gasteiger partial charge on any atom is -0.225 e. The molecule has 0 spiro atoms. The van der Waals surface area contributed by atoms with E-state index in [1.807, 2.05) is 36.5 Å². The lowest BCUT2D eigenvalue weighted by Crippen LogP contribution is -1.96. The van der Waals surface area contributed by atoms with Crippen molar-refractivity contribution < 1.29 is 0 Å². The Kier molecular flexibility index (Phi) is 3.70. The third-order valence-corrected chi connectivity index (χ3v) is 2.71. The molecule has 88 valence electrons. The first-order chi connectivity index (χ1) is 8.31. The monoisotopic (exact) mass is 227 g/mol. The molecule has 0 aliphatic carbocycles. The molecule has 1 heterocycles. The van der Waals surface area contributed by atoms with Crippen molar-refractivity contribution in [3.05, 3.63) is 43.1 Å². The van der Waals surface area contributed by atoms with E-state index < -0.39 is 0 Å². The maximum absolute atomic E-state index is 4.17. The summed E-state index contributed by atoms with van der Waals surface area (Å²) < 4.78 is 1.78. The lowest BCUT2D eigenvalue weighted by Gasteiger charge is -2.02. The van der Waals surface area contributed by atoms with Crippen molar-refractivity contribution in [1.82, 2.24) is 15.0 Å². The van der Waals surface area contributed by atoms with Crippen LogP contribution in [0.3, 0.4) is 0 Å². The summed E-state index contributed by atoms with van der Waals surface area (Å²) in [7, 11) is 0. The SMILES string of the molecule is C=C(CCCC)n1cc(-c2ccccc2)nn1. The molecule has 2 aromatic rings. The quantitative estimate of drug-likeness (QED) is 0.781. The summed E-state index contributed by atoms with van der Waals surface area (Å²) in [5.74, 6) is 0. The van der Waals surface area contributed by atoms with E-state index in [0.717, 1.165) is 29.8 Å². The lowest BCUT2D eigenvalue weighted by molar-refractivity contribution is 0.745. The fourth-order valence-electron chi connectivity index (χ4n) is 1.65. The van der Waals surface area contributed by atoms with E-state index >= 15 is 0 Å². The molecule has 0 N–H and O–H groups in total. The number of allylic oxidation sites excluding steroid dienone is 1. The molecule has 0 amide bonds. The van der Waals surface area contributed by atoms with Gasteiger partial charge in [0.15, 0.2) is 0 Å². The van der Waals surface area contributed by atoms with Crippen LogP contribution in [0.2, 0.25) is 0 Å². The highest BCUT2D eigenvalue weighted by Gasteiger charge is 2.04. The van der Waals surface area contributed by atoms with Crippen molar-refractivity contribution in [1.29, 1.82) is 0 Å². The molecular weight excluding hydrogens is 210 g/mol. The van der Waals surface area contributed by atoms with E-state index in [4.69, 9.17) is 0 Å². The molecule has 3 heteroatoms. The fraction of sp³-hybridized carbons (Fsp3) is 0.286. The maximum Gasteiger partial charge on any atom is 0.113 e. The number of hydrogen-bond acceptors (Lipinski definition) is 2. The van der Waals surface area contributed by atoms with Crippen LogP contribution in [-0.4, -0.2) is 15.0 Å². The number of hydrogen-bond donors (Lipinski definition) is 0. The van der Waals surface area contributed by atoms with Crippen molar-refractivity contribution in [3.63, 3.8) is 0 Å². The van der Waals surface area contributed by atoms with E-state index in [-0.39, 0.29) is 0 Å². The van der Waals surface area contributed by atoms with Gasteiger partial charge in [-0.1, -0.05) is 55.5 Å². The second-order valence-corrected chi connectivity index (χ2v) is 4.08. The van der Waals surface area contributed by atoms with Crippen LogP contribution in [0.25, 0.3) is 17.0 Å². The maximum atomic E-state index is 4.17. The van der Waals surface area contributed by atoms with Gasteiger partial charge in [0, 0.05) is 11.3 Å². The van der Waals surface area contributed by atoms with Crippen LogP contribution < -0.4 is 0 Å². The van der Waals surface area contributed by atoms with Crippen molar-refractivity contribution in [3.8, 4) is 11.3 Å². The van der Waals surface area contributed by atoms with Gasteiger partial charge in [0.05, 0.1) is 6.20 Å². The van der Waals surface area contributed by atoms with Gasteiger partial charge in [0.2, 0.25) is 0 Å². The van der Waals surface area contributed by atoms with Crippen LogP contribution in [0.4, 0.5) is 0 Å². The molecule has 0 saturated carbocycles. The smallest absolute Gasteiger partial charge is 0.113 e. The first kappa shape index (κ1) is 11.6. The molecule has 0 aliphatic heterocycles. The first-order valence-corrected chi connectivity index (χ1v) is 5.97. The number of benzene rings is 1. The zero-order valence-electron chi connectivity index (χ0n) is 10.1. The fourth-order valence-corrected chi connectivity index (χ4v) is 1.65. The molecule has 0 unspecified atom stereocenters. The van der Waals surface area contributed by atoms with Gasteiger partial charge in [-0.15, -0.1) is 5.10 Å². The van der Waals surface area contributed by atoms with Crippen LogP contribution in [0.1, 0.15) is 26.2 Å². The first-order valence-electron chi connectivity index (χ1n) is 5.97. The van der Waals surface area contributed by atoms with E-state index in [2.05, 4.69) is 23.8 Å². The highest BCUT2D eigenvalue weighted by atomic mass is 15.4. The Balaban J connectivity index is 2.14. The zero-order chi connectivity index (χ0) is 12.1. The summed E-state index contributed by atoms with van der Waals surface area (Å²) in [6.45, 7) is 6.20. The van der Waals surface area contributed by atoms with E-state index in [1.165, 1.54) is 6.42 Å². The molecule has 0 radical (unpaired) electrons. The van der Waals surface area contributed by atoms with E-state index in [1.54, 1.807) is 4.68 Å². The van der Waals surface area contributed by atoms with Gasteiger partial charge in [-0.05, 0) is 12.8 Å². The van der Waals surface area contributed by atoms with Gasteiger partial charge in [0.25, 0.3) is 0 Å². The number of nitrogens with zero attached hydrogens (tertiary/aromatic N) is 3. The predicted molar refractivity (Wildman–Crippen MR) is 70.3 cm³/mol. The number of unbranched alkanes of at least 4 members (excludes halogenated alkanes) is 1. The summed E-state index contributed by atoms with van der Waals surface area (Å²) in [6.07, 6.45) is 5.21. The van der Waals surface area contributed by atoms with Crippen LogP contribution in [-0.2, 0) is 0 Å². The Bertz CT molecular complexity index is 485. The molecule has 3 nitrogen and oxygen atoms in total. The lowest BCUT2D eigenvalue weighted by atomic mass is 10.2. The second kappa shape index (κ2) is 5.43. The largest absolute Gasteiger partial charge is 0.225 e. The Labute approximate surface area is 102 Å². The molecule has 0 aliphatic rings. The summed E-state index contributed by atoms with van der Waals surface area (Å²) in [5, 5.41) is 8.28. The van der Waals surface area contributed by atoms with Crippen molar-refractivity contribution in [2.45, 2.75) is 26.2 Å². The van der Waals surface area contributed by atoms with Gasteiger partial charge < -0.3 is 0 Å². The van der Waals surface area contributed by atoms with Gasteiger partial charge in [0.1, 0.15) is 5.69 Å². The van der Waals surface area contributed by atoms with Gasteiger partial charge in [-0.25, -0.2) is 4.68 Å². The highest BCUT2D eigenvalue weighted by molar-refractivity contribution is 5.58. The average Bonchev–Trinajstić information content (AvgIpc) is 2.86. The molecule has 0 saturated heterocycles. The van der Waals surface area contributed by atoms with Gasteiger partial charge in [-0.3, -0.25) is 0 Å². The topological polar surface area (TPSA) is 30.7 Å². The zero-order valence-corrected chi connectivity index (χ0v) is 10.1. The summed E-state index contributed by atoms with van der Waals surface area (Å²) in [4.78, 5) is 0. The molecule has 1 aromatic heterocycles. The van der Waals surface area contributed by atoms with Crippen molar-refractivity contribution >= 4 is 5.70 Å². The van der Waals surface area contributed by atoms with Gasteiger partial charge in [-0.2, -0.15) is 0 Å². The number of rotatable bonds is 5. The minimum absolute atomic E-state index is 0.892. The molecule has 0 bridgehead atoms. The average molecular weight is 227 g/mol. The highest BCUT2D eigenvalue weighted by Crippen LogP contribution is 2.17. The van der Waals surface area contributed by atoms with Crippen molar-refractivity contribution in [2.75, 3.05) is 0 Å². The standard InChI is InChI=1S/C14H17N3/c1-3-4-8-12(2)17-11-14(15-16-17)13-9-6-5-7-10-13/h5-7,9-11H,2-4,8H2,1H3.